The molecule has 4 heteroatoms. The van der Waals surface area contributed by atoms with Gasteiger partial charge in [0.2, 0.25) is 0 Å². The molecular weight excluding hydrogens is 250 g/mol. The van der Waals surface area contributed by atoms with E-state index in [0.29, 0.717) is 18.1 Å². The van der Waals surface area contributed by atoms with Gasteiger partial charge in [0, 0.05) is 44.0 Å². The molecule has 4 rings (SSSR count). The van der Waals surface area contributed by atoms with Crippen molar-refractivity contribution in [2.45, 2.75) is 44.3 Å². The van der Waals surface area contributed by atoms with Gasteiger partial charge in [-0.25, -0.2) is 4.98 Å². The minimum Gasteiger partial charge on any atom is -0.380 e. The third-order valence-electron chi connectivity index (χ3n) is 5.09. The molecule has 0 amide bonds. The Morgan fingerprint density at radius 1 is 1.10 bits per heavy atom. The second-order valence-electron chi connectivity index (χ2n) is 6.45. The van der Waals surface area contributed by atoms with Gasteiger partial charge in [-0.2, -0.15) is 0 Å². The lowest BCUT2D eigenvalue weighted by molar-refractivity contribution is 0.0918. The summed E-state index contributed by atoms with van der Waals surface area (Å²) in [4.78, 5) is 9.85. The number of aromatic nitrogens is 1. The van der Waals surface area contributed by atoms with Gasteiger partial charge in [-0.15, -0.1) is 0 Å². The highest BCUT2D eigenvalue weighted by Gasteiger charge is 2.44. The molecule has 0 saturated carbocycles. The number of pyridine rings is 1. The zero-order chi connectivity index (χ0) is 13.5. The minimum atomic E-state index is 0.667. The lowest BCUT2D eigenvalue weighted by atomic mass is 10.1. The summed E-state index contributed by atoms with van der Waals surface area (Å²) in [6.07, 6.45) is 5.87. The SMILES string of the molecule is Cc1ccc(N2CC3CCC(C2)N3[C@@H]2CCOC2)nc1. The molecular formula is C16H23N3O. The van der Waals surface area contributed by atoms with Crippen LogP contribution in [0.25, 0.3) is 0 Å². The van der Waals surface area contributed by atoms with Gasteiger partial charge in [-0.1, -0.05) is 6.07 Å². The Bertz CT molecular complexity index is 455. The van der Waals surface area contributed by atoms with Crippen molar-refractivity contribution in [1.82, 2.24) is 9.88 Å². The van der Waals surface area contributed by atoms with Gasteiger partial charge >= 0.3 is 0 Å². The molecule has 2 bridgehead atoms. The van der Waals surface area contributed by atoms with Crippen LogP contribution >= 0.6 is 0 Å². The normalized spacial score (nSPS) is 33.9. The van der Waals surface area contributed by atoms with Gasteiger partial charge in [0.1, 0.15) is 5.82 Å². The Hall–Kier alpha value is -1.13. The summed E-state index contributed by atoms with van der Waals surface area (Å²) < 4.78 is 5.59. The lowest BCUT2D eigenvalue weighted by Crippen LogP contribution is -2.57. The third kappa shape index (κ3) is 2.11. The topological polar surface area (TPSA) is 28.6 Å². The predicted molar refractivity (Wildman–Crippen MR) is 79.1 cm³/mol. The van der Waals surface area contributed by atoms with Crippen molar-refractivity contribution in [1.29, 1.82) is 0 Å². The molecule has 0 radical (unpaired) electrons. The Balaban J connectivity index is 1.51. The first-order chi connectivity index (χ1) is 9.81. The summed E-state index contributed by atoms with van der Waals surface area (Å²) in [5.41, 5.74) is 1.23. The summed E-state index contributed by atoms with van der Waals surface area (Å²) in [5, 5.41) is 0. The fraction of sp³-hybridized carbons (Fsp3) is 0.688. The average molecular weight is 273 g/mol. The van der Waals surface area contributed by atoms with E-state index in [2.05, 4.69) is 33.8 Å². The van der Waals surface area contributed by atoms with E-state index in [0.717, 1.165) is 32.1 Å². The Morgan fingerprint density at radius 2 is 1.90 bits per heavy atom. The van der Waals surface area contributed by atoms with Gasteiger partial charge < -0.3 is 9.64 Å². The lowest BCUT2D eigenvalue weighted by Gasteiger charge is -2.44. The molecule has 3 saturated heterocycles. The third-order valence-corrected chi connectivity index (χ3v) is 5.09. The van der Waals surface area contributed by atoms with E-state index in [1.165, 1.54) is 24.8 Å². The van der Waals surface area contributed by atoms with Gasteiger partial charge in [0.25, 0.3) is 0 Å². The highest BCUT2D eigenvalue weighted by molar-refractivity contribution is 5.41. The fourth-order valence-electron chi connectivity index (χ4n) is 4.12. The molecule has 4 heterocycles. The van der Waals surface area contributed by atoms with E-state index in [9.17, 15) is 0 Å². The maximum Gasteiger partial charge on any atom is 0.128 e. The molecule has 0 aromatic carbocycles. The minimum absolute atomic E-state index is 0.667. The zero-order valence-electron chi connectivity index (χ0n) is 12.2. The smallest absolute Gasteiger partial charge is 0.128 e. The number of fused-ring (bicyclic) bond motifs is 2. The molecule has 2 unspecified atom stereocenters. The van der Waals surface area contributed by atoms with Crippen molar-refractivity contribution in [3.8, 4) is 0 Å². The molecule has 20 heavy (non-hydrogen) atoms. The molecule has 3 aliphatic rings. The summed E-state index contributed by atoms with van der Waals surface area (Å²) in [5.74, 6) is 1.15. The highest BCUT2D eigenvalue weighted by Crippen LogP contribution is 2.35. The molecule has 1 aromatic rings. The number of aryl methyl sites for hydroxylation is 1. The van der Waals surface area contributed by atoms with Crippen LogP contribution in [0.2, 0.25) is 0 Å². The van der Waals surface area contributed by atoms with E-state index in [1.54, 1.807) is 0 Å². The van der Waals surface area contributed by atoms with E-state index in [1.807, 2.05) is 6.20 Å². The summed E-state index contributed by atoms with van der Waals surface area (Å²) in [6.45, 7) is 6.24. The predicted octanol–water partition coefficient (Wildman–Crippen LogP) is 1.83. The molecule has 3 atom stereocenters. The Morgan fingerprint density at radius 3 is 2.50 bits per heavy atom. The molecule has 0 aliphatic carbocycles. The van der Waals surface area contributed by atoms with Crippen LogP contribution in [0.15, 0.2) is 18.3 Å². The Labute approximate surface area is 120 Å². The second kappa shape index (κ2) is 5.01. The molecule has 0 N–H and O–H groups in total. The van der Waals surface area contributed by atoms with Crippen LogP contribution in [0.5, 0.6) is 0 Å². The maximum atomic E-state index is 5.59. The molecule has 0 spiro atoms. The van der Waals surface area contributed by atoms with Crippen LogP contribution in [0, 0.1) is 6.92 Å². The van der Waals surface area contributed by atoms with Crippen molar-refractivity contribution in [3.05, 3.63) is 23.9 Å². The van der Waals surface area contributed by atoms with Crippen LogP contribution in [0.3, 0.4) is 0 Å². The van der Waals surface area contributed by atoms with Crippen molar-refractivity contribution in [2.75, 3.05) is 31.2 Å². The molecule has 3 fully saturated rings. The first-order valence-electron chi connectivity index (χ1n) is 7.84. The van der Waals surface area contributed by atoms with Crippen molar-refractivity contribution in [3.63, 3.8) is 0 Å². The fourth-order valence-corrected chi connectivity index (χ4v) is 4.12. The van der Waals surface area contributed by atoms with Gasteiger partial charge in [-0.05, 0) is 37.8 Å². The molecule has 4 nitrogen and oxygen atoms in total. The van der Waals surface area contributed by atoms with Crippen LogP contribution in [-0.4, -0.2) is 54.3 Å². The van der Waals surface area contributed by atoms with Gasteiger partial charge in [-0.3, -0.25) is 4.90 Å². The van der Waals surface area contributed by atoms with Crippen molar-refractivity contribution >= 4 is 5.82 Å². The number of hydrogen-bond donors (Lipinski definition) is 0. The maximum absolute atomic E-state index is 5.59. The van der Waals surface area contributed by atoms with E-state index in [-0.39, 0.29) is 0 Å². The first-order valence-corrected chi connectivity index (χ1v) is 7.84. The summed E-state index contributed by atoms with van der Waals surface area (Å²) >= 11 is 0. The van der Waals surface area contributed by atoms with Crippen LogP contribution in [-0.2, 0) is 4.74 Å². The number of hydrogen-bond acceptors (Lipinski definition) is 4. The number of anilines is 1. The summed E-state index contributed by atoms with van der Waals surface area (Å²) in [7, 11) is 0. The van der Waals surface area contributed by atoms with Crippen LogP contribution in [0.1, 0.15) is 24.8 Å². The number of rotatable bonds is 2. The van der Waals surface area contributed by atoms with E-state index in [4.69, 9.17) is 4.74 Å². The highest BCUT2D eigenvalue weighted by atomic mass is 16.5. The second-order valence-corrected chi connectivity index (χ2v) is 6.45. The number of ether oxygens (including phenoxy) is 1. The average Bonchev–Trinajstić information content (AvgIpc) is 3.05. The van der Waals surface area contributed by atoms with Crippen molar-refractivity contribution < 1.29 is 4.74 Å². The van der Waals surface area contributed by atoms with E-state index >= 15 is 0 Å². The van der Waals surface area contributed by atoms with Gasteiger partial charge in [0.15, 0.2) is 0 Å². The number of piperazine rings is 1. The quantitative estimate of drug-likeness (QED) is 0.822. The van der Waals surface area contributed by atoms with E-state index < -0.39 is 0 Å². The zero-order valence-corrected chi connectivity index (χ0v) is 12.2. The first kappa shape index (κ1) is 12.6. The van der Waals surface area contributed by atoms with Crippen LogP contribution < -0.4 is 4.90 Å². The summed E-state index contributed by atoms with van der Waals surface area (Å²) in [6, 6.07) is 6.40. The molecule has 108 valence electrons. The standard InChI is InChI=1S/C16H23N3O/c1-12-2-5-16(17-8-12)18-9-13-3-4-14(10-18)19(13)15-6-7-20-11-15/h2,5,8,13-15H,3-4,6-7,9-11H2,1H3/t13?,14?,15-/m1/s1. The number of nitrogens with zero attached hydrogens (tertiary/aromatic N) is 3. The Kier molecular flexibility index (Phi) is 3.15. The molecule has 1 aromatic heterocycles. The molecule has 3 aliphatic heterocycles. The van der Waals surface area contributed by atoms with Crippen molar-refractivity contribution in [2.24, 2.45) is 0 Å². The largest absolute Gasteiger partial charge is 0.380 e. The van der Waals surface area contributed by atoms with Gasteiger partial charge in [0.05, 0.1) is 6.61 Å². The van der Waals surface area contributed by atoms with Crippen LogP contribution in [0.4, 0.5) is 5.82 Å². The monoisotopic (exact) mass is 273 g/mol.